The fourth-order valence-electron chi connectivity index (χ4n) is 2.58. The Morgan fingerprint density at radius 2 is 1.90 bits per heavy atom. The van der Waals surface area contributed by atoms with E-state index in [1.807, 2.05) is 0 Å². The highest BCUT2D eigenvalue weighted by molar-refractivity contribution is 5.79. The zero-order valence-electron chi connectivity index (χ0n) is 12.6. The number of nitrogens with zero attached hydrogens (tertiary/aromatic N) is 2. The number of rotatable bonds is 5. The topological polar surface area (TPSA) is 39.7 Å². The van der Waals surface area contributed by atoms with Gasteiger partial charge in [-0.1, -0.05) is 18.2 Å². The highest BCUT2D eigenvalue weighted by Gasteiger charge is 2.22. The van der Waals surface area contributed by atoms with Crippen LogP contribution in [0.3, 0.4) is 0 Å². The first-order valence-electron chi connectivity index (χ1n) is 7.65. The van der Waals surface area contributed by atoms with E-state index in [0.29, 0.717) is 5.92 Å². The van der Waals surface area contributed by atoms with Gasteiger partial charge >= 0.3 is 0 Å². The molecular formula is C16H26N4. The lowest BCUT2D eigenvalue weighted by molar-refractivity contribution is 0.599. The summed E-state index contributed by atoms with van der Waals surface area (Å²) in [6.07, 6.45) is 1.23. The lowest BCUT2D eigenvalue weighted by atomic mass is 10.1. The summed E-state index contributed by atoms with van der Waals surface area (Å²) in [6.45, 7) is 9.16. The van der Waals surface area contributed by atoms with E-state index in [9.17, 15) is 0 Å². The molecule has 110 valence electrons. The summed E-state index contributed by atoms with van der Waals surface area (Å²) in [5.74, 6) is 1.59. The van der Waals surface area contributed by atoms with Gasteiger partial charge < -0.3 is 15.5 Å². The van der Waals surface area contributed by atoms with E-state index in [-0.39, 0.29) is 0 Å². The normalized spacial score (nSPS) is 17.9. The predicted molar refractivity (Wildman–Crippen MR) is 86.4 cm³/mol. The second-order valence-electron chi connectivity index (χ2n) is 5.19. The quantitative estimate of drug-likeness (QED) is 0.638. The Balaban J connectivity index is 1.85. The SMILES string of the molecule is CCNC(=NCC1CCN(c2ccccc2)C1)NCC. The molecule has 1 atom stereocenters. The first-order valence-corrected chi connectivity index (χ1v) is 7.65. The lowest BCUT2D eigenvalue weighted by Gasteiger charge is -2.18. The lowest BCUT2D eigenvalue weighted by Crippen LogP contribution is -2.37. The molecule has 0 spiro atoms. The van der Waals surface area contributed by atoms with Crippen molar-refractivity contribution in [2.75, 3.05) is 37.6 Å². The maximum Gasteiger partial charge on any atom is 0.191 e. The van der Waals surface area contributed by atoms with Crippen LogP contribution in [0.5, 0.6) is 0 Å². The van der Waals surface area contributed by atoms with Crippen LogP contribution in [0.4, 0.5) is 5.69 Å². The van der Waals surface area contributed by atoms with E-state index < -0.39 is 0 Å². The van der Waals surface area contributed by atoms with Gasteiger partial charge in [0.1, 0.15) is 0 Å². The van der Waals surface area contributed by atoms with Crippen LogP contribution in [0, 0.1) is 5.92 Å². The van der Waals surface area contributed by atoms with Gasteiger partial charge in [-0.15, -0.1) is 0 Å². The van der Waals surface area contributed by atoms with Crippen molar-refractivity contribution in [1.82, 2.24) is 10.6 Å². The van der Waals surface area contributed by atoms with Crippen LogP contribution >= 0.6 is 0 Å². The molecule has 1 unspecified atom stereocenters. The molecule has 4 heteroatoms. The molecule has 0 amide bonds. The van der Waals surface area contributed by atoms with Gasteiger partial charge in [0.15, 0.2) is 5.96 Å². The summed E-state index contributed by atoms with van der Waals surface area (Å²) in [4.78, 5) is 7.14. The van der Waals surface area contributed by atoms with Crippen molar-refractivity contribution in [3.8, 4) is 0 Å². The predicted octanol–water partition coefficient (Wildman–Crippen LogP) is 2.09. The van der Waals surface area contributed by atoms with E-state index in [0.717, 1.165) is 38.7 Å². The Kier molecular flexibility index (Phi) is 5.71. The second-order valence-corrected chi connectivity index (χ2v) is 5.19. The summed E-state index contributed by atoms with van der Waals surface area (Å²) in [5.41, 5.74) is 1.33. The van der Waals surface area contributed by atoms with Crippen molar-refractivity contribution in [3.05, 3.63) is 30.3 Å². The Morgan fingerprint density at radius 1 is 1.20 bits per heavy atom. The fraction of sp³-hybridized carbons (Fsp3) is 0.562. The van der Waals surface area contributed by atoms with Crippen LogP contribution in [0.15, 0.2) is 35.3 Å². The average molecular weight is 274 g/mol. The van der Waals surface area contributed by atoms with Crippen LogP contribution < -0.4 is 15.5 Å². The molecule has 0 aromatic heterocycles. The first-order chi connectivity index (χ1) is 9.83. The van der Waals surface area contributed by atoms with Gasteiger partial charge in [-0.2, -0.15) is 0 Å². The Bertz CT molecular complexity index is 408. The third-order valence-corrected chi connectivity index (χ3v) is 3.60. The molecule has 1 aromatic carbocycles. The molecule has 1 aromatic rings. The largest absolute Gasteiger partial charge is 0.371 e. The molecular weight excluding hydrogens is 248 g/mol. The summed E-state index contributed by atoms with van der Waals surface area (Å²) >= 11 is 0. The second kappa shape index (κ2) is 7.78. The van der Waals surface area contributed by atoms with Crippen LogP contribution in [0.25, 0.3) is 0 Å². The molecule has 2 rings (SSSR count). The van der Waals surface area contributed by atoms with Gasteiger partial charge in [0.2, 0.25) is 0 Å². The average Bonchev–Trinajstić information content (AvgIpc) is 2.95. The van der Waals surface area contributed by atoms with Crippen molar-refractivity contribution in [3.63, 3.8) is 0 Å². The van der Waals surface area contributed by atoms with Gasteiger partial charge in [-0.3, -0.25) is 4.99 Å². The Morgan fingerprint density at radius 3 is 2.55 bits per heavy atom. The van der Waals surface area contributed by atoms with E-state index in [2.05, 4.69) is 64.7 Å². The monoisotopic (exact) mass is 274 g/mol. The number of hydrogen-bond acceptors (Lipinski definition) is 2. The molecule has 0 aliphatic carbocycles. The van der Waals surface area contributed by atoms with Crippen molar-refractivity contribution < 1.29 is 0 Å². The van der Waals surface area contributed by atoms with Gasteiger partial charge in [0.25, 0.3) is 0 Å². The van der Waals surface area contributed by atoms with Gasteiger partial charge in [-0.25, -0.2) is 0 Å². The standard InChI is InChI=1S/C16H26N4/c1-3-17-16(18-4-2)19-12-14-10-11-20(13-14)15-8-6-5-7-9-15/h5-9,14H,3-4,10-13H2,1-2H3,(H2,17,18,19). The minimum Gasteiger partial charge on any atom is -0.371 e. The zero-order chi connectivity index (χ0) is 14.2. The Labute approximate surface area is 122 Å². The molecule has 0 radical (unpaired) electrons. The van der Waals surface area contributed by atoms with Crippen molar-refractivity contribution in [1.29, 1.82) is 0 Å². The number of aliphatic imine (C=N–C) groups is 1. The molecule has 1 aliphatic heterocycles. The van der Waals surface area contributed by atoms with Crippen molar-refractivity contribution >= 4 is 11.6 Å². The van der Waals surface area contributed by atoms with Gasteiger partial charge in [0.05, 0.1) is 0 Å². The summed E-state index contributed by atoms with van der Waals surface area (Å²) < 4.78 is 0. The van der Waals surface area contributed by atoms with E-state index >= 15 is 0 Å². The van der Waals surface area contributed by atoms with Crippen molar-refractivity contribution in [2.24, 2.45) is 10.9 Å². The van der Waals surface area contributed by atoms with E-state index in [4.69, 9.17) is 0 Å². The molecule has 20 heavy (non-hydrogen) atoms. The molecule has 1 fully saturated rings. The highest BCUT2D eigenvalue weighted by atomic mass is 15.2. The summed E-state index contributed by atoms with van der Waals surface area (Å²) in [6, 6.07) is 10.7. The number of anilines is 1. The van der Waals surface area contributed by atoms with Gasteiger partial charge in [-0.05, 0) is 38.3 Å². The highest BCUT2D eigenvalue weighted by Crippen LogP contribution is 2.23. The van der Waals surface area contributed by atoms with Crippen LogP contribution in [-0.4, -0.2) is 38.7 Å². The van der Waals surface area contributed by atoms with E-state index in [1.165, 1.54) is 12.1 Å². The third kappa shape index (κ3) is 4.15. The molecule has 1 saturated heterocycles. The summed E-state index contributed by atoms with van der Waals surface area (Å²) in [5, 5.41) is 6.55. The van der Waals surface area contributed by atoms with Gasteiger partial charge in [0, 0.05) is 38.4 Å². The maximum atomic E-state index is 4.68. The van der Waals surface area contributed by atoms with Crippen LogP contribution in [-0.2, 0) is 0 Å². The number of nitrogens with one attached hydrogen (secondary N) is 2. The first kappa shape index (κ1) is 14.7. The molecule has 2 N–H and O–H groups in total. The molecule has 0 saturated carbocycles. The fourth-order valence-corrected chi connectivity index (χ4v) is 2.58. The van der Waals surface area contributed by atoms with Crippen LogP contribution in [0.2, 0.25) is 0 Å². The van der Waals surface area contributed by atoms with Crippen LogP contribution in [0.1, 0.15) is 20.3 Å². The molecule has 4 nitrogen and oxygen atoms in total. The minimum atomic E-state index is 0.655. The molecule has 0 bridgehead atoms. The number of hydrogen-bond donors (Lipinski definition) is 2. The number of para-hydroxylation sites is 1. The molecule has 1 aliphatic rings. The summed E-state index contributed by atoms with van der Waals surface area (Å²) in [7, 11) is 0. The maximum absolute atomic E-state index is 4.68. The van der Waals surface area contributed by atoms with Crippen molar-refractivity contribution in [2.45, 2.75) is 20.3 Å². The number of benzene rings is 1. The minimum absolute atomic E-state index is 0.655. The Hall–Kier alpha value is -1.71. The third-order valence-electron chi connectivity index (χ3n) is 3.60. The van der Waals surface area contributed by atoms with E-state index in [1.54, 1.807) is 0 Å². The number of guanidine groups is 1. The zero-order valence-corrected chi connectivity index (χ0v) is 12.6. The smallest absolute Gasteiger partial charge is 0.191 e. The molecule has 1 heterocycles.